The topological polar surface area (TPSA) is 76.0 Å². The molecule has 0 saturated heterocycles. The fourth-order valence-electron chi connectivity index (χ4n) is 3.24. The molecule has 0 unspecified atom stereocenters. The van der Waals surface area contributed by atoms with Crippen LogP contribution in [0.2, 0.25) is 0 Å². The Morgan fingerprint density at radius 2 is 1.88 bits per heavy atom. The maximum Gasteiger partial charge on any atom is 0.241 e. The molecule has 2 aromatic rings. The summed E-state index contributed by atoms with van der Waals surface area (Å²) >= 11 is 0. The van der Waals surface area contributed by atoms with Gasteiger partial charge in [-0.05, 0) is 31.7 Å². The normalized spacial score (nSPS) is 14.3. The first-order chi connectivity index (χ1) is 12.6. The van der Waals surface area contributed by atoms with Crippen molar-refractivity contribution < 1.29 is 9.59 Å². The maximum absolute atomic E-state index is 12.1. The molecule has 6 heteroatoms. The summed E-state index contributed by atoms with van der Waals surface area (Å²) in [6.07, 6.45) is 8.88. The molecular weight excluding hydrogens is 328 g/mol. The molecule has 138 valence electrons. The summed E-state index contributed by atoms with van der Waals surface area (Å²) in [5.74, 6) is -0.0854. The zero-order valence-corrected chi connectivity index (χ0v) is 15.2. The number of rotatable bonds is 7. The van der Waals surface area contributed by atoms with Crippen molar-refractivity contribution in [2.75, 3.05) is 5.32 Å². The van der Waals surface area contributed by atoms with Crippen LogP contribution >= 0.6 is 0 Å². The van der Waals surface area contributed by atoms with Gasteiger partial charge in [-0.15, -0.1) is 0 Å². The van der Waals surface area contributed by atoms with Crippen molar-refractivity contribution in [3.8, 4) is 0 Å². The van der Waals surface area contributed by atoms with E-state index in [-0.39, 0.29) is 18.4 Å². The third kappa shape index (κ3) is 5.44. The first kappa shape index (κ1) is 18.2. The predicted molar refractivity (Wildman–Crippen MR) is 101 cm³/mol. The lowest BCUT2D eigenvalue weighted by Gasteiger charge is -2.11. The number of carbonyl (C=O) groups excluding carboxylic acids is 2. The molecule has 1 aliphatic rings. The van der Waals surface area contributed by atoms with Crippen LogP contribution in [0.25, 0.3) is 0 Å². The third-order valence-electron chi connectivity index (χ3n) is 4.70. The highest BCUT2D eigenvalue weighted by Gasteiger charge is 2.17. The molecule has 26 heavy (non-hydrogen) atoms. The molecule has 1 aromatic heterocycles. The summed E-state index contributed by atoms with van der Waals surface area (Å²) in [5.41, 5.74) is 2.97. The molecular formula is C20H26N4O2. The Kier molecular flexibility index (Phi) is 6.04. The molecule has 0 aliphatic heterocycles. The van der Waals surface area contributed by atoms with Crippen LogP contribution in [0.1, 0.15) is 43.2 Å². The van der Waals surface area contributed by atoms with E-state index in [1.807, 2.05) is 31.2 Å². The van der Waals surface area contributed by atoms with E-state index in [9.17, 15) is 9.59 Å². The van der Waals surface area contributed by atoms with Crippen LogP contribution in [0.15, 0.2) is 36.7 Å². The fraction of sp³-hybridized carbons (Fsp3) is 0.450. The molecule has 0 radical (unpaired) electrons. The van der Waals surface area contributed by atoms with E-state index in [1.54, 1.807) is 17.1 Å². The molecule has 1 aromatic carbocycles. The minimum Gasteiger partial charge on any atom is -0.352 e. The van der Waals surface area contributed by atoms with Crippen molar-refractivity contribution in [3.05, 3.63) is 47.8 Å². The lowest BCUT2D eigenvalue weighted by molar-refractivity contribution is -0.122. The van der Waals surface area contributed by atoms with E-state index in [4.69, 9.17) is 0 Å². The molecule has 2 amide bonds. The van der Waals surface area contributed by atoms with Crippen LogP contribution in [-0.2, 0) is 22.6 Å². The van der Waals surface area contributed by atoms with Crippen LogP contribution in [-0.4, -0.2) is 27.6 Å². The van der Waals surface area contributed by atoms with Crippen LogP contribution < -0.4 is 10.6 Å². The number of hydrogen-bond donors (Lipinski definition) is 2. The van der Waals surface area contributed by atoms with Crippen LogP contribution in [0.5, 0.6) is 0 Å². The van der Waals surface area contributed by atoms with E-state index < -0.39 is 0 Å². The number of benzene rings is 1. The van der Waals surface area contributed by atoms with E-state index in [0.29, 0.717) is 24.6 Å². The Bertz CT molecular complexity index is 745. The van der Waals surface area contributed by atoms with Crippen molar-refractivity contribution in [1.29, 1.82) is 0 Å². The molecule has 1 saturated carbocycles. The molecule has 0 bridgehead atoms. The zero-order valence-electron chi connectivity index (χ0n) is 15.2. The van der Waals surface area contributed by atoms with Gasteiger partial charge in [0.25, 0.3) is 0 Å². The minimum atomic E-state index is -0.0551. The van der Waals surface area contributed by atoms with E-state index in [2.05, 4.69) is 15.7 Å². The van der Waals surface area contributed by atoms with Gasteiger partial charge in [-0.3, -0.25) is 14.3 Å². The van der Waals surface area contributed by atoms with Gasteiger partial charge >= 0.3 is 0 Å². The number of anilines is 1. The van der Waals surface area contributed by atoms with Crippen molar-refractivity contribution in [3.63, 3.8) is 0 Å². The number of hydrogen-bond acceptors (Lipinski definition) is 3. The van der Waals surface area contributed by atoms with Gasteiger partial charge in [0.15, 0.2) is 0 Å². The quantitative estimate of drug-likeness (QED) is 0.803. The van der Waals surface area contributed by atoms with E-state index in [1.165, 1.54) is 18.4 Å². The number of carbonyl (C=O) groups is 2. The summed E-state index contributed by atoms with van der Waals surface area (Å²) in [4.78, 5) is 24.1. The van der Waals surface area contributed by atoms with Gasteiger partial charge in [-0.2, -0.15) is 5.10 Å². The number of aryl methyl sites for hydroxylation is 2. The summed E-state index contributed by atoms with van der Waals surface area (Å²) in [6.45, 7) is 2.22. The monoisotopic (exact) mass is 354 g/mol. The first-order valence-electron chi connectivity index (χ1n) is 9.26. The van der Waals surface area contributed by atoms with E-state index in [0.717, 1.165) is 18.4 Å². The fourth-order valence-corrected chi connectivity index (χ4v) is 3.24. The van der Waals surface area contributed by atoms with Gasteiger partial charge in [-0.1, -0.05) is 42.7 Å². The first-order valence-corrected chi connectivity index (χ1v) is 9.26. The second-order valence-electron chi connectivity index (χ2n) is 7.01. The molecule has 3 rings (SSSR count). The average Bonchev–Trinajstić information content (AvgIpc) is 3.26. The lowest BCUT2D eigenvalue weighted by Crippen LogP contribution is -2.35. The highest BCUT2D eigenvalue weighted by Crippen LogP contribution is 2.17. The number of nitrogens with zero attached hydrogens (tertiary/aromatic N) is 2. The van der Waals surface area contributed by atoms with Crippen molar-refractivity contribution in [2.45, 2.75) is 58.0 Å². The van der Waals surface area contributed by atoms with Crippen LogP contribution in [0.3, 0.4) is 0 Å². The summed E-state index contributed by atoms with van der Waals surface area (Å²) in [7, 11) is 0. The summed E-state index contributed by atoms with van der Waals surface area (Å²) < 4.78 is 1.56. The molecule has 2 N–H and O–H groups in total. The molecule has 1 fully saturated rings. The zero-order chi connectivity index (χ0) is 18.4. The number of nitrogens with one attached hydrogen (secondary N) is 2. The van der Waals surface area contributed by atoms with Gasteiger partial charge in [0.1, 0.15) is 6.54 Å². The Morgan fingerprint density at radius 3 is 2.62 bits per heavy atom. The Balaban J connectivity index is 1.42. The molecule has 0 spiro atoms. The standard InChI is InChI=1S/C20H26N4O2/c1-15-6-8-16(9-7-15)10-11-19(25)23-18-12-21-24(13-18)14-20(26)22-17-4-2-3-5-17/h6-9,12-13,17H,2-5,10-11,14H2,1H3,(H,22,26)(H,23,25). The third-order valence-corrected chi connectivity index (χ3v) is 4.70. The van der Waals surface area contributed by atoms with Gasteiger partial charge in [0.2, 0.25) is 11.8 Å². The predicted octanol–water partition coefficient (Wildman–Crippen LogP) is 2.82. The summed E-state index contributed by atoms with van der Waals surface area (Å²) in [5, 5.41) is 10.0. The molecule has 6 nitrogen and oxygen atoms in total. The second kappa shape index (κ2) is 8.65. The van der Waals surface area contributed by atoms with E-state index >= 15 is 0 Å². The highest BCUT2D eigenvalue weighted by molar-refractivity contribution is 5.90. The molecule has 1 aliphatic carbocycles. The van der Waals surface area contributed by atoms with Gasteiger partial charge in [0.05, 0.1) is 11.9 Å². The Labute approximate surface area is 154 Å². The number of amides is 2. The van der Waals surface area contributed by atoms with Crippen molar-refractivity contribution in [1.82, 2.24) is 15.1 Å². The smallest absolute Gasteiger partial charge is 0.241 e. The van der Waals surface area contributed by atoms with Crippen LogP contribution in [0, 0.1) is 6.92 Å². The number of aromatic nitrogens is 2. The highest BCUT2D eigenvalue weighted by atomic mass is 16.2. The maximum atomic E-state index is 12.1. The largest absolute Gasteiger partial charge is 0.352 e. The molecule has 1 heterocycles. The minimum absolute atomic E-state index is 0.0303. The second-order valence-corrected chi connectivity index (χ2v) is 7.01. The Morgan fingerprint density at radius 1 is 1.15 bits per heavy atom. The van der Waals surface area contributed by atoms with Crippen molar-refractivity contribution >= 4 is 17.5 Å². The SMILES string of the molecule is Cc1ccc(CCC(=O)Nc2cnn(CC(=O)NC3CCCC3)c2)cc1. The van der Waals surface area contributed by atoms with Gasteiger partial charge < -0.3 is 10.6 Å². The summed E-state index contributed by atoms with van der Waals surface area (Å²) in [6, 6.07) is 8.49. The lowest BCUT2D eigenvalue weighted by atomic mass is 10.1. The average molecular weight is 354 g/mol. The van der Waals surface area contributed by atoms with Gasteiger partial charge in [0, 0.05) is 18.7 Å². The van der Waals surface area contributed by atoms with Crippen molar-refractivity contribution in [2.24, 2.45) is 0 Å². The van der Waals surface area contributed by atoms with Gasteiger partial charge in [-0.25, -0.2) is 0 Å². The molecule has 0 atom stereocenters. The Hall–Kier alpha value is -2.63. The van der Waals surface area contributed by atoms with Crippen LogP contribution in [0.4, 0.5) is 5.69 Å².